The Morgan fingerprint density at radius 1 is 1.25 bits per heavy atom. The van der Waals surface area contributed by atoms with Gasteiger partial charge in [0.05, 0.1) is 0 Å². The Morgan fingerprint density at radius 2 is 1.92 bits per heavy atom. The number of aromatic nitrogens is 2. The highest BCUT2D eigenvalue weighted by atomic mass is 16.6. The highest BCUT2D eigenvalue weighted by Gasteiger charge is 2.08. The van der Waals surface area contributed by atoms with Crippen LogP contribution in [-0.2, 0) is 5.11 Å². The van der Waals surface area contributed by atoms with Crippen LogP contribution < -0.4 is 21.9 Å². The molecule has 0 bridgehead atoms. The minimum absolute atomic E-state index is 0.00551. The van der Waals surface area contributed by atoms with E-state index in [0.29, 0.717) is 0 Å². The molecule has 0 fully saturated rings. The van der Waals surface area contributed by atoms with Gasteiger partial charge in [0, 0.05) is 0 Å². The van der Waals surface area contributed by atoms with E-state index in [1.54, 1.807) is 0 Å². The SMILES string of the molecule is Nc1nc(N)c(N)c(OC[O])n1. The monoisotopic (exact) mass is 170 g/mol. The minimum atomic E-state index is -0.792. The van der Waals surface area contributed by atoms with E-state index in [2.05, 4.69) is 14.7 Å². The number of nitrogen functional groups attached to an aromatic ring is 3. The summed E-state index contributed by atoms with van der Waals surface area (Å²) in [4.78, 5) is 7.12. The predicted molar refractivity (Wildman–Crippen MR) is 41.5 cm³/mol. The van der Waals surface area contributed by atoms with Gasteiger partial charge in [0.2, 0.25) is 18.6 Å². The molecule has 1 heterocycles. The second kappa shape index (κ2) is 3.09. The number of rotatable bonds is 2. The Hall–Kier alpha value is -1.76. The average molecular weight is 170 g/mol. The maximum atomic E-state index is 10.1. The first kappa shape index (κ1) is 8.34. The summed E-state index contributed by atoms with van der Waals surface area (Å²) in [7, 11) is 0. The molecule has 1 rings (SSSR count). The summed E-state index contributed by atoms with van der Waals surface area (Å²) < 4.78 is 4.51. The van der Waals surface area contributed by atoms with E-state index in [-0.39, 0.29) is 23.3 Å². The van der Waals surface area contributed by atoms with Crippen LogP contribution in [0.25, 0.3) is 0 Å². The molecule has 0 saturated heterocycles. The fraction of sp³-hybridized carbons (Fsp3) is 0.200. The first-order valence-electron chi connectivity index (χ1n) is 3.04. The highest BCUT2D eigenvalue weighted by Crippen LogP contribution is 2.23. The lowest BCUT2D eigenvalue weighted by Crippen LogP contribution is -2.08. The summed E-state index contributed by atoms with van der Waals surface area (Å²) in [5.41, 5.74) is 15.9. The number of hydrogen-bond acceptors (Lipinski definition) is 6. The molecule has 0 saturated carbocycles. The molecular formula is C5H8N5O2. The normalized spacial score (nSPS) is 9.75. The summed E-state index contributed by atoms with van der Waals surface area (Å²) in [6.45, 7) is -0.792. The number of nitrogens with two attached hydrogens (primary N) is 3. The van der Waals surface area contributed by atoms with Gasteiger partial charge in [0.25, 0.3) is 0 Å². The van der Waals surface area contributed by atoms with Crippen LogP contribution >= 0.6 is 0 Å². The number of anilines is 3. The molecule has 0 unspecified atom stereocenters. The third-order valence-electron chi connectivity index (χ3n) is 1.15. The number of nitrogens with zero attached hydrogens (tertiary/aromatic N) is 2. The minimum Gasteiger partial charge on any atom is -0.446 e. The Kier molecular flexibility index (Phi) is 2.15. The maximum absolute atomic E-state index is 10.1. The van der Waals surface area contributed by atoms with Crippen LogP contribution in [0.2, 0.25) is 0 Å². The van der Waals surface area contributed by atoms with Crippen LogP contribution in [0.4, 0.5) is 17.5 Å². The Labute approximate surface area is 68.2 Å². The first-order chi connectivity index (χ1) is 5.65. The molecule has 0 aliphatic carbocycles. The lowest BCUT2D eigenvalue weighted by Gasteiger charge is -2.05. The summed E-state index contributed by atoms with van der Waals surface area (Å²) >= 11 is 0. The molecule has 0 spiro atoms. The number of hydrogen-bond donors (Lipinski definition) is 3. The van der Waals surface area contributed by atoms with Crippen LogP contribution in [0.3, 0.4) is 0 Å². The van der Waals surface area contributed by atoms with Crippen molar-refractivity contribution in [2.24, 2.45) is 0 Å². The molecule has 6 N–H and O–H groups in total. The molecule has 12 heavy (non-hydrogen) atoms. The van der Waals surface area contributed by atoms with Crippen molar-refractivity contribution < 1.29 is 9.84 Å². The maximum Gasteiger partial charge on any atom is 0.246 e. The van der Waals surface area contributed by atoms with E-state index >= 15 is 0 Å². The molecule has 0 amide bonds. The highest BCUT2D eigenvalue weighted by molar-refractivity contribution is 5.65. The van der Waals surface area contributed by atoms with Gasteiger partial charge in [-0.25, -0.2) is 0 Å². The zero-order chi connectivity index (χ0) is 9.14. The van der Waals surface area contributed by atoms with E-state index in [1.807, 2.05) is 0 Å². The zero-order valence-corrected chi connectivity index (χ0v) is 6.15. The van der Waals surface area contributed by atoms with Gasteiger partial charge in [0.1, 0.15) is 5.69 Å². The smallest absolute Gasteiger partial charge is 0.246 e. The molecule has 7 heteroatoms. The van der Waals surface area contributed by atoms with Crippen LogP contribution in [0.15, 0.2) is 0 Å². The van der Waals surface area contributed by atoms with Crippen LogP contribution in [0.5, 0.6) is 5.88 Å². The van der Waals surface area contributed by atoms with Crippen molar-refractivity contribution in [1.29, 1.82) is 0 Å². The molecule has 7 nitrogen and oxygen atoms in total. The van der Waals surface area contributed by atoms with Crippen molar-refractivity contribution in [3.63, 3.8) is 0 Å². The Balaban J connectivity index is 3.09. The second-order valence-corrected chi connectivity index (χ2v) is 1.95. The van der Waals surface area contributed by atoms with Gasteiger partial charge in [-0.15, -0.1) is 0 Å². The van der Waals surface area contributed by atoms with Crippen molar-refractivity contribution in [3.8, 4) is 5.88 Å². The second-order valence-electron chi connectivity index (χ2n) is 1.95. The van der Waals surface area contributed by atoms with E-state index in [4.69, 9.17) is 17.2 Å². The Bertz CT molecular complexity index is 289. The fourth-order valence-electron chi connectivity index (χ4n) is 0.648. The average Bonchev–Trinajstić information content (AvgIpc) is 2.00. The van der Waals surface area contributed by atoms with E-state index in [9.17, 15) is 5.11 Å². The van der Waals surface area contributed by atoms with E-state index < -0.39 is 6.79 Å². The first-order valence-corrected chi connectivity index (χ1v) is 3.04. The molecule has 65 valence electrons. The zero-order valence-electron chi connectivity index (χ0n) is 6.15. The summed E-state index contributed by atoms with van der Waals surface area (Å²) in [5, 5.41) is 10.1. The summed E-state index contributed by atoms with van der Waals surface area (Å²) in [6, 6.07) is 0. The molecule has 0 aliphatic heterocycles. The van der Waals surface area contributed by atoms with Gasteiger partial charge < -0.3 is 21.9 Å². The predicted octanol–water partition coefficient (Wildman–Crippen LogP) is -1.01. The van der Waals surface area contributed by atoms with E-state index in [1.165, 1.54) is 0 Å². The molecule has 0 aliphatic rings. The van der Waals surface area contributed by atoms with Crippen LogP contribution in [0.1, 0.15) is 0 Å². The summed E-state index contributed by atoms with van der Waals surface area (Å²) in [5.74, 6) is -0.147. The molecule has 1 aromatic heterocycles. The van der Waals surface area contributed by atoms with Crippen LogP contribution in [0, 0.1) is 0 Å². The molecular weight excluding hydrogens is 162 g/mol. The molecule has 0 aromatic carbocycles. The van der Waals surface area contributed by atoms with Gasteiger partial charge in [-0.1, -0.05) is 0 Å². The number of ether oxygens (including phenoxy) is 1. The summed E-state index contributed by atoms with van der Waals surface area (Å²) in [6.07, 6.45) is 0. The quantitative estimate of drug-likeness (QED) is 0.487. The van der Waals surface area contributed by atoms with Crippen LogP contribution in [-0.4, -0.2) is 16.8 Å². The Morgan fingerprint density at radius 3 is 2.50 bits per heavy atom. The van der Waals surface area contributed by atoms with Crippen molar-refractivity contribution in [3.05, 3.63) is 0 Å². The van der Waals surface area contributed by atoms with Crippen molar-refractivity contribution in [1.82, 2.24) is 9.97 Å². The lowest BCUT2D eigenvalue weighted by atomic mass is 10.5. The van der Waals surface area contributed by atoms with Crippen molar-refractivity contribution in [2.75, 3.05) is 24.0 Å². The standard InChI is InChI=1S/C5H8N5O2/c6-2-3(7)9-5(8)10-4(2)12-1-11/h1,6H2,(H4,7,8,9,10). The van der Waals surface area contributed by atoms with Gasteiger partial charge >= 0.3 is 0 Å². The molecule has 1 aromatic rings. The largest absolute Gasteiger partial charge is 0.446 e. The van der Waals surface area contributed by atoms with Gasteiger partial charge in [-0.3, -0.25) is 0 Å². The van der Waals surface area contributed by atoms with Gasteiger partial charge in [0.15, 0.2) is 5.82 Å². The van der Waals surface area contributed by atoms with Crippen molar-refractivity contribution >= 4 is 17.5 Å². The van der Waals surface area contributed by atoms with Gasteiger partial charge in [-0.2, -0.15) is 15.1 Å². The molecule has 0 atom stereocenters. The third-order valence-corrected chi connectivity index (χ3v) is 1.15. The van der Waals surface area contributed by atoms with Crippen molar-refractivity contribution in [2.45, 2.75) is 0 Å². The lowest BCUT2D eigenvalue weighted by molar-refractivity contribution is 0.0350. The van der Waals surface area contributed by atoms with E-state index in [0.717, 1.165) is 0 Å². The topological polar surface area (TPSA) is 133 Å². The molecule has 1 radical (unpaired) electrons. The van der Waals surface area contributed by atoms with Gasteiger partial charge in [-0.05, 0) is 0 Å². The third kappa shape index (κ3) is 1.45. The fourth-order valence-corrected chi connectivity index (χ4v) is 0.648.